The van der Waals surface area contributed by atoms with Gasteiger partial charge in [0.1, 0.15) is 0 Å². The number of aromatic amines is 1. The van der Waals surface area contributed by atoms with Crippen LogP contribution in [0.25, 0.3) is 10.9 Å². The summed E-state index contributed by atoms with van der Waals surface area (Å²) < 4.78 is 0. The summed E-state index contributed by atoms with van der Waals surface area (Å²) in [4.78, 5) is 25.4. The molecule has 0 spiro atoms. The van der Waals surface area contributed by atoms with Gasteiger partial charge in [0.05, 0.1) is 23.8 Å². The van der Waals surface area contributed by atoms with Crippen molar-refractivity contribution in [1.29, 1.82) is 0 Å². The summed E-state index contributed by atoms with van der Waals surface area (Å²) >= 11 is 0. The first-order valence-corrected chi connectivity index (χ1v) is 7.37. The molecule has 0 atom stereocenters. The van der Waals surface area contributed by atoms with Gasteiger partial charge >= 0.3 is 0 Å². The molecule has 2 heterocycles. The number of nitrogens with zero attached hydrogens (tertiary/aromatic N) is 2. The van der Waals surface area contributed by atoms with Gasteiger partial charge < -0.3 is 11.1 Å². The van der Waals surface area contributed by atoms with Crippen LogP contribution in [0.3, 0.4) is 0 Å². The minimum Gasteiger partial charge on any atom is -0.369 e. The van der Waals surface area contributed by atoms with Crippen LogP contribution in [-0.2, 0) is 4.79 Å². The molecule has 2 amide bonds. The van der Waals surface area contributed by atoms with E-state index < -0.39 is 0 Å². The predicted molar refractivity (Wildman–Crippen MR) is 82.2 cm³/mol. The lowest BCUT2D eigenvalue weighted by Crippen LogP contribution is -2.46. The molecule has 1 aromatic heterocycles. The zero-order chi connectivity index (χ0) is 15.5. The molecule has 7 nitrogen and oxygen atoms in total. The van der Waals surface area contributed by atoms with Gasteiger partial charge in [-0.25, -0.2) is 0 Å². The summed E-state index contributed by atoms with van der Waals surface area (Å²) in [5.74, 6) is -0.406. The third-order valence-electron chi connectivity index (χ3n) is 4.02. The maximum absolute atomic E-state index is 12.4. The molecule has 0 radical (unpaired) electrons. The molecule has 0 bridgehead atoms. The number of hydrogen-bond acceptors (Lipinski definition) is 4. The number of likely N-dealkylation sites (tertiary alicyclic amines) is 1. The van der Waals surface area contributed by atoms with E-state index in [-0.39, 0.29) is 24.4 Å². The summed E-state index contributed by atoms with van der Waals surface area (Å²) in [6.07, 6.45) is 3.34. The van der Waals surface area contributed by atoms with Crippen molar-refractivity contribution in [3.05, 3.63) is 30.0 Å². The largest absolute Gasteiger partial charge is 0.369 e. The van der Waals surface area contributed by atoms with Gasteiger partial charge in [-0.05, 0) is 18.9 Å². The van der Waals surface area contributed by atoms with E-state index in [2.05, 4.69) is 15.5 Å². The Balaban J connectivity index is 1.61. The van der Waals surface area contributed by atoms with E-state index in [4.69, 9.17) is 5.73 Å². The monoisotopic (exact) mass is 301 g/mol. The number of carbonyl (C=O) groups excluding carboxylic acids is 2. The van der Waals surface area contributed by atoms with Crippen LogP contribution in [-0.4, -0.2) is 52.6 Å². The Morgan fingerprint density at radius 3 is 2.86 bits per heavy atom. The average molecular weight is 301 g/mol. The van der Waals surface area contributed by atoms with Crippen molar-refractivity contribution >= 4 is 22.7 Å². The van der Waals surface area contributed by atoms with Gasteiger partial charge in [0.25, 0.3) is 5.91 Å². The van der Waals surface area contributed by atoms with Crippen LogP contribution in [0.4, 0.5) is 0 Å². The van der Waals surface area contributed by atoms with Crippen LogP contribution in [0.5, 0.6) is 0 Å². The molecule has 22 heavy (non-hydrogen) atoms. The highest BCUT2D eigenvalue weighted by Crippen LogP contribution is 2.17. The number of carbonyl (C=O) groups is 2. The van der Waals surface area contributed by atoms with Crippen molar-refractivity contribution in [1.82, 2.24) is 20.4 Å². The molecule has 2 aromatic rings. The second-order valence-electron chi connectivity index (χ2n) is 5.63. The van der Waals surface area contributed by atoms with Crippen LogP contribution in [0.15, 0.2) is 24.4 Å². The van der Waals surface area contributed by atoms with Gasteiger partial charge in [0.2, 0.25) is 5.91 Å². The molecule has 4 N–H and O–H groups in total. The van der Waals surface area contributed by atoms with E-state index in [1.54, 1.807) is 12.3 Å². The van der Waals surface area contributed by atoms with E-state index >= 15 is 0 Å². The first-order valence-electron chi connectivity index (χ1n) is 7.37. The van der Waals surface area contributed by atoms with E-state index in [1.165, 1.54) is 0 Å². The summed E-state index contributed by atoms with van der Waals surface area (Å²) in [6.45, 7) is 1.82. The third-order valence-corrected chi connectivity index (χ3v) is 4.02. The fourth-order valence-electron chi connectivity index (χ4n) is 2.88. The Labute approximate surface area is 127 Å². The molecule has 0 saturated carbocycles. The second kappa shape index (κ2) is 6.15. The Morgan fingerprint density at radius 1 is 1.36 bits per heavy atom. The average Bonchev–Trinajstić information content (AvgIpc) is 2.97. The van der Waals surface area contributed by atoms with E-state index in [0.29, 0.717) is 5.56 Å². The number of primary amides is 1. The Kier molecular flexibility index (Phi) is 4.06. The number of fused-ring (bicyclic) bond motifs is 1. The predicted octanol–water partition coefficient (Wildman–Crippen LogP) is 0.242. The number of H-pyrrole nitrogens is 1. The molecule has 1 saturated heterocycles. The molecule has 7 heteroatoms. The van der Waals surface area contributed by atoms with Crippen molar-refractivity contribution < 1.29 is 9.59 Å². The van der Waals surface area contributed by atoms with Crippen LogP contribution in [0, 0.1) is 0 Å². The third kappa shape index (κ3) is 3.09. The van der Waals surface area contributed by atoms with Gasteiger partial charge in [-0.3, -0.25) is 19.6 Å². The molecule has 0 aliphatic carbocycles. The molecule has 116 valence electrons. The zero-order valence-electron chi connectivity index (χ0n) is 12.2. The standard InChI is InChI=1S/C15H19N5O2/c16-13(21)9-20-6-4-11(5-7-20)18-15(22)12-3-1-2-10-8-17-19-14(10)12/h1-3,8,11H,4-7,9H2,(H2,16,21)(H,17,19)(H,18,22). The SMILES string of the molecule is NC(=O)CN1CCC(NC(=O)c2cccc3cn[nH]c23)CC1. The maximum Gasteiger partial charge on any atom is 0.253 e. The van der Waals surface area contributed by atoms with E-state index in [9.17, 15) is 9.59 Å². The summed E-state index contributed by atoms with van der Waals surface area (Å²) in [7, 11) is 0. The number of amides is 2. The molecule has 1 aliphatic rings. The first-order chi connectivity index (χ1) is 10.6. The number of aromatic nitrogens is 2. The van der Waals surface area contributed by atoms with E-state index in [1.807, 2.05) is 17.0 Å². The Morgan fingerprint density at radius 2 is 2.14 bits per heavy atom. The molecule has 0 unspecified atom stereocenters. The molecule has 1 fully saturated rings. The quantitative estimate of drug-likeness (QED) is 0.752. The fourth-order valence-corrected chi connectivity index (χ4v) is 2.88. The highest BCUT2D eigenvalue weighted by atomic mass is 16.2. The van der Waals surface area contributed by atoms with Crippen molar-refractivity contribution in [2.75, 3.05) is 19.6 Å². The van der Waals surface area contributed by atoms with Gasteiger partial charge in [0, 0.05) is 24.5 Å². The molecule has 1 aromatic carbocycles. The zero-order valence-corrected chi connectivity index (χ0v) is 12.2. The number of rotatable bonds is 4. The first kappa shape index (κ1) is 14.5. The number of piperidine rings is 1. The second-order valence-corrected chi connectivity index (χ2v) is 5.63. The smallest absolute Gasteiger partial charge is 0.253 e. The van der Waals surface area contributed by atoms with Crippen molar-refractivity contribution in [2.45, 2.75) is 18.9 Å². The molecule has 3 rings (SSSR count). The van der Waals surface area contributed by atoms with Crippen molar-refractivity contribution in [3.63, 3.8) is 0 Å². The molecule has 1 aliphatic heterocycles. The number of hydrogen-bond donors (Lipinski definition) is 3. The minimum absolute atomic E-state index is 0.0943. The van der Waals surface area contributed by atoms with Crippen LogP contribution >= 0.6 is 0 Å². The van der Waals surface area contributed by atoms with Gasteiger partial charge in [-0.2, -0.15) is 5.10 Å². The summed E-state index contributed by atoms with van der Waals surface area (Å²) in [6, 6.07) is 5.67. The highest BCUT2D eigenvalue weighted by molar-refractivity contribution is 6.05. The highest BCUT2D eigenvalue weighted by Gasteiger charge is 2.22. The lowest BCUT2D eigenvalue weighted by molar-refractivity contribution is -0.119. The van der Waals surface area contributed by atoms with Gasteiger partial charge in [-0.1, -0.05) is 12.1 Å². The number of para-hydroxylation sites is 1. The molecular formula is C15H19N5O2. The van der Waals surface area contributed by atoms with Gasteiger partial charge in [0.15, 0.2) is 0 Å². The van der Waals surface area contributed by atoms with Crippen LogP contribution < -0.4 is 11.1 Å². The Hall–Kier alpha value is -2.41. The van der Waals surface area contributed by atoms with Crippen molar-refractivity contribution in [2.24, 2.45) is 5.73 Å². The van der Waals surface area contributed by atoms with Crippen LogP contribution in [0.1, 0.15) is 23.2 Å². The lowest BCUT2D eigenvalue weighted by Gasteiger charge is -2.31. The number of benzene rings is 1. The minimum atomic E-state index is -0.312. The maximum atomic E-state index is 12.4. The Bertz CT molecular complexity index is 688. The van der Waals surface area contributed by atoms with Crippen LogP contribution in [0.2, 0.25) is 0 Å². The van der Waals surface area contributed by atoms with Gasteiger partial charge in [-0.15, -0.1) is 0 Å². The van der Waals surface area contributed by atoms with Crippen molar-refractivity contribution in [3.8, 4) is 0 Å². The lowest BCUT2D eigenvalue weighted by atomic mass is 10.0. The normalized spacial score (nSPS) is 16.7. The van der Waals surface area contributed by atoms with E-state index in [0.717, 1.165) is 36.8 Å². The number of nitrogens with one attached hydrogen (secondary N) is 2. The molecular weight excluding hydrogens is 282 g/mol. The summed E-state index contributed by atoms with van der Waals surface area (Å²) in [5, 5.41) is 10.8. The topological polar surface area (TPSA) is 104 Å². The summed E-state index contributed by atoms with van der Waals surface area (Å²) in [5.41, 5.74) is 6.56. The number of nitrogens with two attached hydrogens (primary N) is 1. The fraction of sp³-hybridized carbons (Fsp3) is 0.400.